The number of benzene rings is 3. The van der Waals surface area contributed by atoms with Crippen molar-refractivity contribution in [2.45, 2.75) is 38.9 Å². The van der Waals surface area contributed by atoms with Gasteiger partial charge < -0.3 is 25.0 Å². The molecule has 3 aromatic carbocycles. The predicted molar refractivity (Wildman–Crippen MR) is 155 cm³/mol. The highest BCUT2D eigenvalue weighted by atomic mass is 32.2. The summed E-state index contributed by atoms with van der Waals surface area (Å²) >= 11 is 0. The molecule has 3 aromatic rings. The Bertz CT molecular complexity index is 1410. The van der Waals surface area contributed by atoms with E-state index >= 15 is 0 Å². The average Bonchev–Trinajstić information content (AvgIpc) is 2.94. The van der Waals surface area contributed by atoms with Crippen LogP contribution < -0.4 is 9.46 Å². The maximum absolute atomic E-state index is 12.7. The number of rotatable bonds is 14. The summed E-state index contributed by atoms with van der Waals surface area (Å²) in [5, 5.41) is 29.0. The lowest BCUT2D eigenvalue weighted by molar-refractivity contribution is 0.0970. The molecule has 0 fully saturated rings. The Hall–Kier alpha value is -3.93. The van der Waals surface area contributed by atoms with Crippen molar-refractivity contribution in [3.05, 3.63) is 89.5 Å². The standard InChI is InChI=1S/C30H36N2O8S/c1-21(2)40-28-19-25(13-14-26(28)29(35)31-41(38,39)18-6-17-33)23-11-9-22(10-12-23)15-16-32(30(36)37)20-27(34)24-7-4-3-5-8-24/h3-5,7-14,19,21,27,33-34H,6,15-18,20H2,1-2H3,(H,31,35)(H,36,37)/t27-/m0/s1. The summed E-state index contributed by atoms with van der Waals surface area (Å²) in [5.74, 6) is -0.968. The van der Waals surface area contributed by atoms with Gasteiger partial charge in [-0.1, -0.05) is 60.7 Å². The van der Waals surface area contributed by atoms with Crippen molar-refractivity contribution in [1.29, 1.82) is 0 Å². The monoisotopic (exact) mass is 584 g/mol. The van der Waals surface area contributed by atoms with Crippen LogP contribution in [-0.2, 0) is 16.4 Å². The summed E-state index contributed by atoms with van der Waals surface area (Å²) in [6.07, 6.45) is -1.86. The van der Waals surface area contributed by atoms with Crippen molar-refractivity contribution in [3.8, 4) is 16.9 Å². The van der Waals surface area contributed by atoms with Crippen LogP contribution in [0.4, 0.5) is 4.79 Å². The quantitative estimate of drug-likeness (QED) is 0.223. The number of carboxylic acid groups (broad SMARTS) is 1. The van der Waals surface area contributed by atoms with Gasteiger partial charge >= 0.3 is 6.09 Å². The van der Waals surface area contributed by atoms with Gasteiger partial charge in [-0.15, -0.1) is 0 Å². The van der Waals surface area contributed by atoms with Crippen LogP contribution in [0.15, 0.2) is 72.8 Å². The molecule has 0 aliphatic rings. The molecule has 1 atom stereocenters. The second kappa shape index (κ2) is 14.6. The van der Waals surface area contributed by atoms with Gasteiger partial charge in [-0.05, 0) is 61.1 Å². The van der Waals surface area contributed by atoms with E-state index < -0.39 is 28.1 Å². The Morgan fingerprint density at radius 1 is 0.976 bits per heavy atom. The molecule has 220 valence electrons. The van der Waals surface area contributed by atoms with E-state index in [1.807, 2.05) is 35.1 Å². The average molecular weight is 585 g/mol. The van der Waals surface area contributed by atoms with E-state index in [1.165, 1.54) is 11.0 Å². The highest BCUT2D eigenvalue weighted by molar-refractivity contribution is 7.90. The van der Waals surface area contributed by atoms with E-state index in [0.29, 0.717) is 12.0 Å². The molecular weight excluding hydrogens is 548 g/mol. The summed E-state index contributed by atoms with van der Waals surface area (Å²) in [6, 6.07) is 21.3. The van der Waals surface area contributed by atoms with Gasteiger partial charge in [-0.25, -0.2) is 17.9 Å². The fourth-order valence-corrected chi connectivity index (χ4v) is 5.13. The molecule has 0 saturated heterocycles. The Morgan fingerprint density at radius 3 is 2.24 bits per heavy atom. The van der Waals surface area contributed by atoms with Gasteiger partial charge in [0.2, 0.25) is 10.0 Å². The Kier molecular flexibility index (Phi) is 11.3. The molecule has 0 aromatic heterocycles. The first kappa shape index (κ1) is 31.6. The van der Waals surface area contributed by atoms with Crippen molar-refractivity contribution in [1.82, 2.24) is 9.62 Å². The first-order valence-electron chi connectivity index (χ1n) is 13.3. The van der Waals surface area contributed by atoms with Gasteiger partial charge in [0.15, 0.2) is 0 Å². The number of carbonyl (C=O) groups excluding carboxylic acids is 1. The van der Waals surface area contributed by atoms with Crippen molar-refractivity contribution in [2.24, 2.45) is 0 Å². The minimum Gasteiger partial charge on any atom is -0.490 e. The fraction of sp³-hybridized carbons (Fsp3) is 0.333. The van der Waals surface area contributed by atoms with Crippen LogP contribution in [0.3, 0.4) is 0 Å². The molecule has 0 spiro atoms. The third kappa shape index (κ3) is 9.59. The van der Waals surface area contributed by atoms with Crippen molar-refractivity contribution in [3.63, 3.8) is 0 Å². The molecule has 10 nitrogen and oxygen atoms in total. The first-order valence-corrected chi connectivity index (χ1v) is 14.9. The van der Waals surface area contributed by atoms with E-state index in [0.717, 1.165) is 16.7 Å². The van der Waals surface area contributed by atoms with Crippen molar-refractivity contribution < 1.29 is 38.1 Å². The van der Waals surface area contributed by atoms with Crippen LogP contribution in [0.25, 0.3) is 11.1 Å². The van der Waals surface area contributed by atoms with Gasteiger partial charge in [0.05, 0.1) is 30.1 Å². The third-order valence-corrected chi connectivity index (χ3v) is 7.54. The van der Waals surface area contributed by atoms with Crippen LogP contribution in [0.2, 0.25) is 0 Å². The van der Waals surface area contributed by atoms with Gasteiger partial charge in [0, 0.05) is 13.2 Å². The maximum Gasteiger partial charge on any atom is 0.407 e. The van der Waals surface area contributed by atoms with E-state index in [1.54, 1.807) is 50.2 Å². The first-order chi connectivity index (χ1) is 19.5. The van der Waals surface area contributed by atoms with Gasteiger partial charge in [-0.3, -0.25) is 4.79 Å². The number of aliphatic hydroxyl groups excluding tert-OH is 2. The van der Waals surface area contributed by atoms with Crippen molar-refractivity contribution >= 4 is 22.0 Å². The smallest absolute Gasteiger partial charge is 0.407 e. The SMILES string of the molecule is CC(C)Oc1cc(-c2ccc(CCN(C[C@H](O)c3ccccc3)C(=O)O)cc2)ccc1C(=O)NS(=O)(=O)CCCO. The number of hydrogen-bond acceptors (Lipinski definition) is 7. The summed E-state index contributed by atoms with van der Waals surface area (Å²) in [7, 11) is -3.91. The zero-order valence-electron chi connectivity index (χ0n) is 23.1. The van der Waals surface area contributed by atoms with E-state index in [-0.39, 0.29) is 49.3 Å². The van der Waals surface area contributed by atoms with E-state index in [2.05, 4.69) is 0 Å². The second-order valence-corrected chi connectivity index (χ2v) is 11.6. The molecule has 0 bridgehead atoms. The Morgan fingerprint density at radius 2 is 1.63 bits per heavy atom. The minimum absolute atomic E-state index is 0.0108. The number of ether oxygens (including phenoxy) is 1. The third-order valence-electron chi connectivity index (χ3n) is 6.21. The van der Waals surface area contributed by atoms with E-state index in [9.17, 15) is 28.2 Å². The zero-order valence-corrected chi connectivity index (χ0v) is 23.9. The number of nitrogens with zero attached hydrogens (tertiary/aromatic N) is 1. The van der Waals surface area contributed by atoms with Crippen LogP contribution in [0.1, 0.15) is 47.9 Å². The molecule has 0 aliphatic heterocycles. The molecule has 3 rings (SSSR count). The second-order valence-electron chi connectivity index (χ2n) is 9.81. The number of sulfonamides is 1. The lowest BCUT2D eigenvalue weighted by Crippen LogP contribution is -2.35. The largest absolute Gasteiger partial charge is 0.490 e. The Labute approximate surface area is 240 Å². The summed E-state index contributed by atoms with van der Waals surface area (Å²) in [4.78, 5) is 25.7. The molecule has 0 heterocycles. The van der Waals surface area contributed by atoms with Crippen LogP contribution in [0, 0.1) is 0 Å². The molecule has 41 heavy (non-hydrogen) atoms. The van der Waals surface area contributed by atoms with Crippen LogP contribution >= 0.6 is 0 Å². The summed E-state index contributed by atoms with van der Waals surface area (Å²) in [5.41, 5.74) is 3.18. The number of nitrogens with one attached hydrogen (secondary N) is 1. The maximum atomic E-state index is 12.7. The van der Waals surface area contributed by atoms with Crippen LogP contribution in [-0.4, -0.2) is 72.2 Å². The summed E-state index contributed by atoms with van der Waals surface area (Å²) < 4.78 is 32.1. The zero-order chi connectivity index (χ0) is 30.0. The number of hydrogen-bond donors (Lipinski definition) is 4. The molecule has 0 unspecified atom stereocenters. The Balaban J connectivity index is 1.71. The van der Waals surface area contributed by atoms with Crippen LogP contribution in [0.5, 0.6) is 5.75 Å². The van der Waals surface area contributed by atoms with E-state index in [4.69, 9.17) is 9.84 Å². The molecule has 0 saturated carbocycles. The molecule has 2 amide bonds. The summed E-state index contributed by atoms with van der Waals surface area (Å²) in [6.45, 7) is 3.44. The fourth-order valence-electron chi connectivity index (χ4n) is 4.13. The highest BCUT2D eigenvalue weighted by Gasteiger charge is 2.21. The van der Waals surface area contributed by atoms with Crippen molar-refractivity contribution in [2.75, 3.05) is 25.4 Å². The van der Waals surface area contributed by atoms with Gasteiger partial charge in [0.25, 0.3) is 5.91 Å². The number of aliphatic hydroxyl groups is 2. The lowest BCUT2D eigenvalue weighted by atomic mass is 10.0. The minimum atomic E-state index is -3.91. The topological polar surface area (TPSA) is 153 Å². The number of carbonyl (C=O) groups is 2. The normalized spacial score (nSPS) is 12.1. The lowest BCUT2D eigenvalue weighted by Gasteiger charge is -2.22. The molecule has 4 N–H and O–H groups in total. The van der Waals surface area contributed by atoms with Gasteiger partial charge in [0.1, 0.15) is 5.75 Å². The molecular formula is C30H36N2O8S. The predicted octanol–water partition coefficient (Wildman–Crippen LogP) is 3.84. The molecule has 11 heteroatoms. The number of amides is 2. The highest BCUT2D eigenvalue weighted by Crippen LogP contribution is 2.29. The van der Waals surface area contributed by atoms with Gasteiger partial charge in [-0.2, -0.15) is 0 Å². The molecule has 0 radical (unpaired) electrons. The molecule has 0 aliphatic carbocycles.